The molecule has 0 aliphatic heterocycles. The van der Waals surface area contributed by atoms with Crippen molar-refractivity contribution in [3.05, 3.63) is 0 Å². The van der Waals surface area contributed by atoms with Gasteiger partial charge in [-0.3, -0.25) is 4.90 Å². The predicted octanol–water partition coefficient (Wildman–Crippen LogP) is -0.0347. The van der Waals surface area contributed by atoms with Gasteiger partial charge in [0, 0.05) is 19.1 Å². The normalized spacial score (nSPS) is 12.8. The van der Waals surface area contributed by atoms with Crippen molar-refractivity contribution in [1.82, 2.24) is 4.90 Å². The van der Waals surface area contributed by atoms with E-state index in [0.717, 1.165) is 6.42 Å². The zero-order chi connectivity index (χ0) is 10.1. The lowest BCUT2D eigenvalue weighted by Gasteiger charge is -2.27. The molecule has 2 N–H and O–H groups in total. The number of rotatable bonds is 7. The van der Waals surface area contributed by atoms with E-state index in [1.807, 2.05) is 11.8 Å². The van der Waals surface area contributed by atoms with Gasteiger partial charge < -0.3 is 10.2 Å². The number of aliphatic hydroxyl groups excluding tert-OH is 2. The number of nitrogens with zero attached hydrogens (tertiary/aromatic N) is 2. The standard InChI is InChI=1S/C9H18N2O2/c1-2-9(3-4-10)11(5-7-12)6-8-13/h9,12-13H,2-3,5-8H2,1H3. The maximum atomic E-state index is 8.77. The number of hydrogen-bond donors (Lipinski definition) is 2. The molecular weight excluding hydrogens is 168 g/mol. The van der Waals surface area contributed by atoms with Gasteiger partial charge in [-0.1, -0.05) is 6.92 Å². The van der Waals surface area contributed by atoms with Gasteiger partial charge in [-0.2, -0.15) is 5.26 Å². The van der Waals surface area contributed by atoms with E-state index >= 15 is 0 Å². The summed E-state index contributed by atoms with van der Waals surface area (Å²) in [5.74, 6) is 0. The second-order valence-electron chi connectivity index (χ2n) is 2.91. The Hall–Kier alpha value is -0.630. The molecule has 0 amide bonds. The van der Waals surface area contributed by atoms with Gasteiger partial charge in [-0.05, 0) is 6.42 Å². The van der Waals surface area contributed by atoms with Gasteiger partial charge in [0.25, 0.3) is 0 Å². The molecule has 0 rings (SSSR count). The summed E-state index contributed by atoms with van der Waals surface area (Å²) >= 11 is 0. The molecule has 13 heavy (non-hydrogen) atoms. The maximum Gasteiger partial charge on any atom is 0.0638 e. The summed E-state index contributed by atoms with van der Waals surface area (Å²) in [7, 11) is 0. The van der Waals surface area contributed by atoms with Crippen LogP contribution in [0.25, 0.3) is 0 Å². The molecule has 0 radical (unpaired) electrons. The Balaban J connectivity index is 4.04. The molecule has 0 aromatic heterocycles. The smallest absolute Gasteiger partial charge is 0.0638 e. The van der Waals surface area contributed by atoms with Crippen molar-refractivity contribution in [2.24, 2.45) is 0 Å². The van der Waals surface area contributed by atoms with Gasteiger partial charge in [-0.15, -0.1) is 0 Å². The van der Waals surface area contributed by atoms with Gasteiger partial charge in [0.1, 0.15) is 0 Å². The van der Waals surface area contributed by atoms with E-state index in [1.165, 1.54) is 0 Å². The highest BCUT2D eigenvalue weighted by Gasteiger charge is 2.14. The molecule has 0 aliphatic carbocycles. The highest BCUT2D eigenvalue weighted by atomic mass is 16.3. The third-order valence-corrected chi connectivity index (χ3v) is 2.09. The molecule has 1 atom stereocenters. The Bertz CT molecular complexity index is 150. The average molecular weight is 186 g/mol. The second-order valence-corrected chi connectivity index (χ2v) is 2.91. The van der Waals surface area contributed by atoms with Crippen LogP contribution in [0.4, 0.5) is 0 Å². The highest BCUT2D eigenvalue weighted by Crippen LogP contribution is 2.06. The van der Waals surface area contributed by atoms with Crippen LogP contribution in [-0.2, 0) is 0 Å². The van der Waals surface area contributed by atoms with E-state index in [9.17, 15) is 0 Å². The first-order chi connectivity index (χ1) is 6.29. The summed E-state index contributed by atoms with van der Waals surface area (Å²) in [6, 6.07) is 2.27. The predicted molar refractivity (Wildman–Crippen MR) is 50.1 cm³/mol. The van der Waals surface area contributed by atoms with Crippen LogP contribution in [0.1, 0.15) is 19.8 Å². The molecule has 0 spiro atoms. The lowest BCUT2D eigenvalue weighted by Crippen LogP contribution is -2.38. The minimum absolute atomic E-state index is 0.0714. The summed E-state index contributed by atoms with van der Waals surface area (Å²) in [5.41, 5.74) is 0. The zero-order valence-electron chi connectivity index (χ0n) is 8.11. The first-order valence-electron chi connectivity index (χ1n) is 4.62. The van der Waals surface area contributed by atoms with Crippen LogP contribution in [0.15, 0.2) is 0 Å². The third kappa shape index (κ3) is 4.83. The van der Waals surface area contributed by atoms with Crippen LogP contribution in [0.3, 0.4) is 0 Å². The molecule has 0 aliphatic rings. The van der Waals surface area contributed by atoms with Crippen molar-refractivity contribution >= 4 is 0 Å². The van der Waals surface area contributed by atoms with Crippen molar-refractivity contribution in [2.75, 3.05) is 26.3 Å². The first-order valence-corrected chi connectivity index (χ1v) is 4.62. The fourth-order valence-electron chi connectivity index (χ4n) is 1.37. The van der Waals surface area contributed by atoms with E-state index in [0.29, 0.717) is 19.5 Å². The quantitative estimate of drug-likeness (QED) is 0.585. The van der Waals surface area contributed by atoms with Crippen molar-refractivity contribution in [3.63, 3.8) is 0 Å². The number of hydrogen-bond acceptors (Lipinski definition) is 4. The maximum absolute atomic E-state index is 8.77. The Morgan fingerprint density at radius 3 is 2.15 bits per heavy atom. The summed E-state index contributed by atoms with van der Waals surface area (Å²) in [6.07, 6.45) is 1.32. The highest BCUT2D eigenvalue weighted by molar-refractivity contribution is 4.81. The summed E-state index contributed by atoms with van der Waals surface area (Å²) in [4.78, 5) is 1.95. The van der Waals surface area contributed by atoms with Crippen molar-refractivity contribution < 1.29 is 10.2 Å². The van der Waals surface area contributed by atoms with Gasteiger partial charge in [0.05, 0.1) is 25.7 Å². The largest absolute Gasteiger partial charge is 0.395 e. The Morgan fingerprint density at radius 1 is 1.31 bits per heavy atom. The van der Waals surface area contributed by atoms with Crippen LogP contribution in [0.2, 0.25) is 0 Å². The number of aliphatic hydroxyl groups is 2. The molecule has 76 valence electrons. The Morgan fingerprint density at radius 2 is 1.85 bits per heavy atom. The van der Waals surface area contributed by atoms with E-state index in [2.05, 4.69) is 6.07 Å². The summed E-state index contributed by atoms with van der Waals surface area (Å²) in [5, 5.41) is 26.1. The summed E-state index contributed by atoms with van der Waals surface area (Å²) in [6.45, 7) is 3.20. The lowest BCUT2D eigenvalue weighted by molar-refractivity contribution is 0.120. The molecule has 0 heterocycles. The molecule has 0 aromatic rings. The molecule has 0 aromatic carbocycles. The van der Waals surface area contributed by atoms with E-state index in [4.69, 9.17) is 15.5 Å². The fraction of sp³-hybridized carbons (Fsp3) is 0.889. The molecule has 0 fully saturated rings. The van der Waals surface area contributed by atoms with E-state index < -0.39 is 0 Å². The minimum Gasteiger partial charge on any atom is -0.395 e. The van der Waals surface area contributed by atoms with Crippen LogP contribution in [0, 0.1) is 11.3 Å². The minimum atomic E-state index is 0.0714. The van der Waals surface area contributed by atoms with Gasteiger partial charge >= 0.3 is 0 Å². The average Bonchev–Trinajstić information content (AvgIpc) is 2.14. The van der Waals surface area contributed by atoms with Crippen LogP contribution in [0.5, 0.6) is 0 Å². The molecule has 1 unspecified atom stereocenters. The SMILES string of the molecule is CCC(CC#N)N(CCO)CCO. The molecule has 4 nitrogen and oxygen atoms in total. The zero-order valence-corrected chi connectivity index (χ0v) is 8.11. The summed E-state index contributed by atoms with van der Waals surface area (Å²) < 4.78 is 0. The first kappa shape index (κ1) is 12.4. The second kappa shape index (κ2) is 7.99. The Labute approximate surface area is 79.4 Å². The molecule has 0 saturated heterocycles. The van der Waals surface area contributed by atoms with E-state index in [-0.39, 0.29) is 19.3 Å². The monoisotopic (exact) mass is 186 g/mol. The molecular formula is C9H18N2O2. The van der Waals surface area contributed by atoms with Crippen LogP contribution in [-0.4, -0.2) is 47.5 Å². The van der Waals surface area contributed by atoms with Gasteiger partial charge in [0.15, 0.2) is 0 Å². The van der Waals surface area contributed by atoms with Crippen molar-refractivity contribution in [1.29, 1.82) is 5.26 Å². The van der Waals surface area contributed by atoms with Crippen LogP contribution < -0.4 is 0 Å². The van der Waals surface area contributed by atoms with Gasteiger partial charge in [-0.25, -0.2) is 0 Å². The van der Waals surface area contributed by atoms with Crippen LogP contribution >= 0.6 is 0 Å². The molecule has 0 saturated carbocycles. The van der Waals surface area contributed by atoms with Crippen molar-refractivity contribution in [3.8, 4) is 6.07 Å². The lowest BCUT2D eigenvalue weighted by atomic mass is 10.1. The topological polar surface area (TPSA) is 67.5 Å². The van der Waals surface area contributed by atoms with E-state index in [1.54, 1.807) is 0 Å². The Kier molecular flexibility index (Phi) is 7.60. The van der Waals surface area contributed by atoms with Crippen molar-refractivity contribution in [2.45, 2.75) is 25.8 Å². The third-order valence-electron chi connectivity index (χ3n) is 2.09. The molecule has 4 heteroatoms. The van der Waals surface area contributed by atoms with Gasteiger partial charge in [0.2, 0.25) is 0 Å². The fourth-order valence-corrected chi connectivity index (χ4v) is 1.37. The molecule has 0 bridgehead atoms. The number of nitriles is 1.